The largest absolute Gasteiger partial charge is 0.504 e. The molecule has 116 valence electrons. The van der Waals surface area contributed by atoms with Crippen molar-refractivity contribution in [3.8, 4) is 11.5 Å². The lowest BCUT2D eigenvalue weighted by molar-refractivity contribution is -0.127. The van der Waals surface area contributed by atoms with Crippen LogP contribution in [0.4, 0.5) is 0 Å². The third-order valence-corrected chi connectivity index (χ3v) is 7.12. The third kappa shape index (κ3) is 1.01. The van der Waals surface area contributed by atoms with Gasteiger partial charge in [-0.05, 0) is 31.0 Å². The number of carbonyl (C=O) groups is 1. The number of phenolic OH excluding ortho intramolecular Hbond substituents is 1. The predicted molar refractivity (Wildman–Crippen MR) is 81.2 cm³/mol. The molecule has 0 amide bonds. The highest BCUT2D eigenvalue weighted by atomic mass is 16.5. The number of hydrogen-bond acceptors (Lipinski definition) is 4. The summed E-state index contributed by atoms with van der Waals surface area (Å²) in [4.78, 5) is 15.1. The molecular weight excluding hydrogens is 278 g/mol. The van der Waals surface area contributed by atoms with E-state index in [2.05, 4.69) is 18.9 Å². The van der Waals surface area contributed by atoms with Crippen LogP contribution in [0, 0.1) is 11.3 Å². The van der Waals surface area contributed by atoms with Crippen molar-refractivity contribution in [2.45, 2.75) is 44.2 Å². The highest BCUT2D eigenvalue weighted by molar-refractivity contribution is 5.89. The second-order valence-electron chi connectivity index (χ2n) is 7.63. The predicted octanol–water partition coefficient (Wildman–Crippen LogP) is 1.88. The molecular formula is C18H21NO3. The molecule has 2 fully saturated rings. The number of piperidine rings is 1. The molecule has 1 N–H and O–H groups in total. The minimum Gasteiger partial charge on any atom is -0.504 e. The fourth-order valence-electron chi connectivity index (χ4n) is 6.17. The summed E-state index contributed by atoms with van der Waals surface area (Å²) >= 11 is 0. The van der Waals surface area contributed by atoms with E-state index in [1.165, 1.54) is 5.56 Å². The molecule has 0 bridgehead atoms. The molecule has 22 heavy (non-hydrogen) atoms. The van der Waals surface area contributed by atoms with Crippen LogP contribution in [-0.2, 0) is 16.6 Å². The van der Waals surface area contributed by atoms with Crippen molar-refractivity contribution in [2.24, 2.45) is 11.3 Å². The molecule has 1 aromatic carbocycles. The quantitative estimate of drug-likeness (QED) is 0.906. The minimum atomic E-state index is -0.411. The van der Waals surface area contributed by atoms with E-state index < -0.39 is 6.10 Å². The third-order valence-electron chi connectivity index (χ3n) is 7.12. The van der Waals surface area contributed by atoms with Crippen LogP contribution in [0.15, 0.2) is 12.1 Å². The topological polar surface area (TPSA) is 49.8 Å². The molecule has 1 saturated carbocycles. The van der Waals surface area contributed by atoms with E-state index in [-0.39, 0.29) is 22.4 Å². The number of ether oxygens (including phenoxy) is 1. The van der Waals surface area contributed by atoms with Crippen molar-refractivity contribution in [3.05, 3.63) is 23.3 Å². The number of hydrogen-bond donors (Lipinski definition) is 1. The van der Waals surface area contributed by atoms with Crippen LogP contribution in [0.5, 0.6) is 11.5 Å². The van der Waals surface area contributed by atoms with Crippen LogP contribution in [0.3, 0.4) is 0 Å². The van der Waals surface area contributed by atoms with Crippen molar-refractivity contribution < 1.29 is 14.6 Å². The molecule has 4 heteroatoms. The molecule has 1 unspecified atom stereocenters. The van der Waals surface area contributed by atoms with Gasteiger partial charge in [0.1, 0.15) is 0 Å². The Kier molecular flexibility index (Phi) is 2.06. The van der Waals surface area contributed by atoms with Crippen molar-refractivity contribution in [1.29, 1.82) is 0 Å². The first-order valence-electron chi connectivity index (χ1n) is 8.22. The Bertz CT molecular complexity index is 729. The zero-order valence-corrected chi connectivity index (χ0v) is 13.2. The molecule has 0 aromatic heterocycles. The van der Waals surface area contributed by atoms with Gasteiger partial charge in [0.05, 0.1) is 5.41 Å². The zero-order valence-electron chi connectivity index (χ0n) is 13.2. The number of likely N-dealkylation sites (N-methyl/N-ethyl adjacent to an activating group) is 1. The molecule has 1 saturated heterocycles. The average molecular weight is 299 g/mol. The Morgan fingerprint density at radius 1 is 1.50 bits per heavy atom. The van der Waals surface area contributed by atoms with E-state index in [1.807, 2.05) is 13.0 Å². The molecule has 5 atom stereocenters. The second-order valence-corrected chi connectivity index (χ2v) is 7.63. The number of rotatable bonds is 2. The average Bonchev–Trinajstić information content (AvgIpc) is 2.78. The first kappa shape index (κ1) is 12.9. The molecule has 2 aliphatic carbocycles. The summed E-state index contributed by atoms with van der Waals surface area (Å²) in [6.45, 7) is 5.25. The van der Waals surface area contributed by atoms with E-state index >= 15 is 0 Å². The number of nitrogens with zero attached hydrogens (tertiary/aromatic N) is 1. The van der Waals surface area contributed by atoms with E-state index in [4.69, 9.17) is 4.74 Å². The maximum absolute atomic E-state index is 12.6. The molecule has 1 spiro atoms. The highest BCUT2D eigenvalue weighted by Crippen LogP contribution is 2.82. The Hall–Kier alpha value is -1.55. The molecule has 4 nitrogen and oxygen atoms in total. The van der Waals surface area contributed by atoms with Crippen molar-refractivity contribution in [2.75, 3.05) is 13.6 Å². The standard InChI is InChI=1S/C18H21NO3/c1-4-10(20)16-18-12-8-19(3)13(17(12,18)2)7-9-5-6-11(21)15(22-16)14(9)18/h5-6,12-13,16,21H,4,7-8H2,1-3H3/t12-,13-,16+,17+,18?/m1/s1. The number of benzene rings is 1. The van der Waals surface area contributed by atoms with Crippen molar-refractivity contribution in [1.82, 2.24) is 4.90 Å². The highest BCUT2D eigenvalue weighted by Gasteiger charge is 2.88. The number of phenols is 1. The molecule has 2 aliphatic heterocycles. The maximum Gasteiger partial charge on any atom is 0.173 e. The molecule has 2 heterocycles. The lowest BCUT2D eigenvalue weighted by atomic mass is 9.70. The van der Waals surface area contributed by atoms with Crippen molar-refractivity contribution in [3.63, 3.8) is 0 Å². The Labute approximate surface area is 130 Å². The van der Waals surface area contributed by atoms with Gasteiger partial charge in [-0.25, -0.2) is 0 Å². The number of aromatic hydroxyl groups is 1. The molecule has 4 aliphatic rings. The van der Waals surface area contributed by atoms with Crippen LogP contribution in [0.25, 0.3) is 0 Å². The van der Waals surface area contributed by atoms with E-state index in [1.54, 1.807) is 6.07 Å². The number of ketones is 1. The van der Waals surface area contributed by atoms with Gasteiger partial charge < -0.3 is 14.7 Å². The van der Waals surface area contributed by atoms with Gasteiger partial charge in [-0.1, -0.05) is 19.9 Å². The lowest BCUT2D eigenvalue weighted by Crippen LogP contribution is -2.50. The summed E-state index contributed by atoms with van der Waals surface area (Å²) in [5, 5.41) is 10.3. The van der Waals surface area contributed by atoms with Gasteiger partial charge in [0.25, 0.3) is 0 Å². The Balaban J connectivity index is 1.80. The zero-order chi connectivity index (χ0) is 15.4. The molecule has 1 aromatic rings. The fraction of sp³-hybridized carbons (Fsp3) is 0.611. The smallest absolute Gasteiger partial charge is 0.173 e. The van der Waals surface area contributed by atoms with Gasteiger partial charge in [0.2, 0.25) is 0 Å². The summed E-state index contributed by atoms with van der Waals surface area (Å²) in [7, 11) is 2.19. The van der Waals surface area contributed by atoms with Gasteiger partial charge in [-0.3, -0.25) is 4.79 Å². The van der Waals surface area contributed by atoms with Gasteiger partial charge in [0.15, 0.2) is 23.4 Å². The van der Waals surface area contributed by atoms with Crippen LogP contribution >= 0.6 is 0 Å². The Morgan fingerprint density at radius 2 is 2.27 bits per heavy atom. The monoisotopic (exact) mass is 299 g/mol. The summed E-state index contributed by atoms with van der Waals surface area (Å²) < 4.78 is 6.09. The maximum atomic E-state index is 12.6. The van der Waals surface area contributed by atoms with Gasteiger partial charge in [-0.15, -0.1) is 0 Å². The van der Waals surface area contributed by atoms with E-state index in [0.717, 1.165) is 18.5 Å². The summed E-state index contributed by atoms with van der Waals surface area (Å²) in [5.74, 6) is 1.39. The lowest BCUT2D eigenvalue weighted by Gasteiger charge is -2.39. The summed E-state index contributed by atoms with van der Waals surface area (Å²) in [6, 6.07) is 4.22. The van der Waals surface area contributed by atoms with Gasteiger partial charge in [0, 0.05) is 30.0 Å². The number of carbonyl (C=O) groups excluding carboxylic acids is 1. The molecule has 0 radical (unpaired) electrons. The summed E-state index contributed by atoms with van der Waals surface area (Å²) in [5.41, 5.74) is 2.31. The van der Waals surface area contributed by atoms with Crippen LogP contribution in [0.1, 0.15) is 31.4 Å². The first-order chi connectivity index (χ1) is 10.5. The normalized spacial score (nSPS) is 43.5. The van der Waals surface area contributed by atoms with Crippen LogP contribution in [0.2, 0.25) is 0 Å². The minimum absolute atomic E-state index is 0.100. The summed E-state index contributed by atoms with van der Waals surface area (Å²) in [6.07, 6.45) is 1.07. The number of Topliss-reactive ketones (excluding diaryl/α,β-unsaturated/α-hetero) is 1. The van der Waals surface area contributed by atoms with E-state index in [9.17, 15) is 9.90 Å². The van der Waals surface area contributed by atoms with Crippen LogP contribution < -0.4 is 4.74 Å². The van der Waals surface area contributed by atoms with Gasteiger partial charge in [-0.2, -0.15) is 0 Å². The second kappa shape index (κ2) is 3.51. The van der Waals surface area contributed by atoms with Crippen LogP contribution in [-0.4, -0.2) is 41.5 Å². The van der Waals surface area contributed by atoms with Gasteiger partial charge >= 0.3 is 0 Å². The number of likely N-dealkylation sites (tertiary alicyclic amines) is 1. The first-order valence-corrected chi connectivity index (χ1v) is 8.22. The fourth-order valence-corrected chi connectivity index (χ4v) is 6.17. The SMILES string of the molecule is CCC(=O)[C@@H]1Oc2c(O)ccc3c2C12[C@@H]1CN(C)[C@H](C3)[C@]12C. The van der Waals surface area contributed by atoms with E-state index in [0.29, 0.717) is 24.1 Å². The van der Waals surface area contributed by atoms with Crippen molar-refractivity contribution >= 4 is 5.78 Å². The Morgan fingerprint density at radius 3 is 3.00 bits per heavy atom. The molecule has 5 rings (SSSR count).